The minimum Gasteiger partial charge on any atom is -0.375 e. The van der Waals surface area contributed by atoms with E-state index in [4.69, 9.17) is 5.73 Å². The Balaban J connectivity index is 1.60. The molecule has 5 nitrogen and oxygen atoms in total. The first-order chi connectivity index (χ1) is 9.65. The minimum absolute atomic E-state index is 0.146. The molecule has 112 valence electrons. The van der Waals surface area contributed by atoms with E-state index in [1.807, 2.05) is 5.38 Å². The SMILES string of the molecule is CN1CCCCC1CCC(=O)NCCc1csc(N)n1. The van der Waals surface area contributed by atoms with Crippen LogP contribution < -0.4 is 11.1 Å². The molecule has 0 radical (unpaired) electrons. The molecule has 0 spiro atoms. The van der Waals surface area contributed by atoms with E-state index in [1.54, 1.807) is 0 Å². The molecule has 1 amide bonds. The maximum atomic E-state index is 11.8. The number of piperidine rings is 1. The van der Waals surface area contributed by atoms with Crippen molar-refractivity contribution in [2.24, 2.45) is 0 Å². The Morgan fingerprint density at radius 2 is 2.45 bits per heavy atom. The van der Waals surface area contributed by atoms with Crippen LogP contribution in [0.1, 0.15) is 37.8 Å². The Labute approximate surface area is 124 Å². The molecule has 1 aromatic rings. The summed E-state index contributed by atoms with van der Waals surface area (Å²) in [6.45, 7) is 1.81. The van der Waals surface area contributed by atoms with Crippen molar-refractivity contribution in [2.45, 2.75) is 44.6 Å². The second-order valence-electron chi connectivity index (χ2n) is 5.45. The molecule has 0 bridgehead atoms. The van der Waals surface area contributed by atoms with Crippen LogP contribution >= 0.6 is 11.3 Å². The minimum atomic E-state index is 0.146. The van der Waals surface area contributed by atoms with Gasteiger partial charge in [0.05, 0.1) is 5.69 Å². The topological polar surface area (TPSA) is 71.2 Å². The van der Waals surface area contributed by atoms with Crippen LogP contribution in [0.25, 0.3) is 0 Å². The van der Waals surface area contributed by atoms with Gasteiger partial charge in [-0.15, -0.1) is 11.3 Å². The highest BCUT2D eigenvalue weighted by atomic mass is 32.1. The number of amides is 1. The molecule has 0 aromatic carbocycles. The van der Waals surface area contributed by atoms with Gasteiger partial charge in [0.1, 0.15) is 0 Å². The van der Waals surface area contributed by atoms with E-state index in [9.17, 15) is 4.79 Å². The number of nitrogens with two attached hydrogens (primary N) is 1. The van der Waals surface area contributed by atoms with Crippen molar-refractivity contribution in [3.8, 4) is 0 Å². The fourth-order valence-electron chi connectivity index (χ4n) is 2.66. The van der Waals surface area contributed by atoms with Crippen LogP contribution in [0.2, 0.25) is 0 Å². The van der Waals surface area contributed by atoms with Gasteiger partial charge in [-0.1, -0.05) is 6.42 Å². The average Bonchev–Trinajstić information content (AvgIpc) is 2.83. The van der Waals surface area contributed by atoms with Gasteiger partial charge in [0, 0.05) is 30.8 Å². The van der Waals surface area contributed by atoms with E-state index < -0.39 is 0 Å². The first-order valence-corrected chi connectivity index (χ1v) is 8.20. The lowest BCUT2D eigenvalue weighted by molar-refractivity contribution is -0.121. The van der Waals surface area contributed by atoms with Gasteiger partial charge in [-0.3, -0.25) is 4.79 Å². The molecule has 6 heteroatoms. The van der Waals surface area contributed by atoms with E-state index >= 15 is 0 Å². The number of hydrogen-bond donors (Lipinski definition) is 2. The zero-order valence-electron chi connectivity index (χ0n) is 12.1. The second kappa shape index (κ2) is 7.59. The molecule has 3 N–H and O–H groups in total. The molecule has 1 saturated heterocycles. The van der Waals surface area contributed by atoms with Gasteiger partial charge in [-0.05, 0) is 32.9 Å². The highest BCUT2D eigenvalue weighted by Crippen LogP contribution is 2.18. The number of nitrogens with zero attached hydrogens (tertiary/aromatic N) is 2. The Morgan fingerprint density at radius 3 is 3.15 bits per heavy atom. The average molecular weight is 296 g/mol. The maximum absolute atomic E-state index is 11.8. The predicted octanol–water partition coefficient (Wildman–Crippen LogP) is 1.65. The largest absolute Gasteiger partial charge is 0.375 e. The third-order valence-corrected chi connectivity index (χ3v) is 4.62. The summed E-state index contributed by atoms with van der Waals surface area (Å²) in [6.07, 6.45) is 6.14. The van der Waals surface area contributed by atoms with Crippen LogP contribution in [0.4, 0.5) is 5.13 Å². The smallest absolute Gasteiger partial charge is 0.220 e. The standard InChI is InChI=1S/C14H24N4OS/c1-18-9-3-2-4-12(18)5-6-13(19)16-8-7-11-10-20-14(15)17-11/h10,12H,2-9H2,1H3,(H2,15,17)(H,16,19). The summed E-state index contributed by atoms with van der Waals surface area (Å²) in [4.78, 5) is 18.4. The van der Waals surface area contributed by atoms with Gasteiger partial charge >= 0.3 is 0 Å². The van der Waals surface area contributed by atoms with Crippen LogP contribution in [0, 0.1) is 0 Å². The molecule has 1 unspecified atom stereocenters. The van der Waals surface area contributed by atoms with Crippen LogP contribution in [0.15, 0.2) is 5.38 Å². The predicted molar refractivity (Wildman–Crippen MR) is 82.7 cm³/mol. The van der Waals surface area contributed by atoms with Gasteiger partial charge in [-0.2, -0.15) is 0 Å². The lowest BCUT2D eigenvalue weighted by Gasteiger charge is -2.32. The molecular formula is C14H24N4OS. The van der Waals surface area contributed by atoms with Gasteiger partial charge in [0.25, 0.3) is 0 Å². The zero-order chi connectivity index (χ0) is 14.4. The number of likely N-dealkylation sites (tertiary alicyclic amines) is 1. The summed E-state index contributed by atoms with van der Waals surface area (Å²) in [5, 5.41) is 5.49. The molecule has 2 heterocycles. The molecule has 1 aliphatic rings. The first-order valence-electron chi connectivity index (χ1n) is 7.32. The Hall–Kier alpha value is -1.14. The van der Waals surface area contributed by atoms with Crippen molar-refractivity contribution in [1.29, 1.82) is 0 Å². The van der Waals surface area contributed by atoms with Crippen molar-refractivity contribution in [2.75, 3.05) is 25.9 Å². The van der Waals surface area contributed by atoms with Gasteiger partial charge in [0.15, 0.2) is 5.13 Å². The van der Waals surface area contributed by atoms with Gasteiger partial charge in [-0.25, -0.2) is 4.98 Å². The Bertz CT molecular complexity index is 435. The van der Waals surface area contributed by atoms with Crippen LogP contribution in [0.3, 0.4) is 0 Å². The first kappa shape index (κ1) is 15.3. The summed E-state index contributed by atoms with van der Waals surface area (Å²) >= 11 is 1.44. The molecule has 1 fully saturated rings. The molecule has 0 aliphatic carbocycles. The van der Waals surface area contributed by atoms with Gasteiger partial charge < -0.3 is 16.0 Å². The molecule has 2 rings (SSSR count). The summed E-state index contributed by atoms with van der Waals surface area (Å²) in [5.74, 6) is 0.146. The number of hydrogen-bond acceptors (Lipinski definition) is 5. The van der Waals surface area contributed by atoms with Crippen LogP contribution in [-0.2, 0) is 11.2 Å². The number of carbonyl (C=O) groups is 1. The quantitative estimate of drug-likeness (QED) is 0.837. The molecule has 1 atom stereocenters. The lowest BCUT2D eigenvalue weighted by atomic mass is 9.98. The number of nitrogens with one attached hydrogen (secondary N) is 1. The maximum Gasteiger partial charge on any atom is 0.220 e. The number of anilines is 1. The third kappa shape index (κ3) is 4.76. The highest BCUT2D eigenvalue weighted by Gasteiger charge is 2.19. The number of thiazole rings is 1. The fraction of sp³-hybridized carbons (Fsp3) is 0.714. The van der Waals surface area contributed by atoms with Gasteiger partial charge in [0.2, 0.25) is 5.91 Å². The normalized spacial score (nSPS) is 19.9. The second-order valence-corrected chi connectivity index (χ2v) is 6.34. The van der Waals surface area contributed by atoms with E-state index in [1.165, 1.54) is 30.6 Å². The number of nitrogen functional groups attached to an aromatic ring is 1. The molecule has 20 heavy (non-hydrogen) atoms. The summed E-state index contributed by atoms with van der Waals surface area (Å²) < 4.78 is 0. The van der Waals surface area contributed by atoms with Crippen molar-refractivity contribution >= 4 is 22.4 Å². The number of carbonyl (C=O) groups excluding carboxylic acids is 1. The zero-order valence-corrected chi connectivity index (χ0v) is 12.9. The van der Waals surface area contributed by atoms with Crippen LogP contribution in [-0.4, -0.2) is 42.0 Å². The van der Waals surface area contributed by atoms with E-state index in [0.29, 0.717) is 24.1 Å². The summed E-state index contributed by atoms with van der Waals surface area (Å²) in [7, 11) is 2.16. The summed E-state index contributed by atoms with van der Waals surface area (Å²) in [5.41, 5.74) is 6.53. The molecule has 1 aromatic heterocycles. The van der Waals surface area contributed by atoms with E-state index in [-0.39, 0.29) is 5.91 Å². The van der Waals surface area contributed by atoms with E-state index in [0.717, 1.165) is 25.1 Å². The van der Waals surface area contributed by atoms with Crippen molar-refractivity contribution in [3.63, 3.8) is 0 Å². The molecular weight excluding hydrogens is 272 g/mol. The van der Waals surface area contributed by atoms with E-state index in [2.05, 4.69) is 22.2 Å². The van der Waals surface area contributed by atoms with Crippen molar-refractivity contribution < 1.29 is 4.79 Å². The Kier molecular flexibility index (Phi) is 5.79. The Morgan fingerprint density at radius 1 is 1.60 bits per heavy atom. The fourth-order valence-corrected chi connectivity index (χ4v) is 3.26. The van der Waals surface area contributed by atoms with Crippen molar-refractivity contribution in [3.05, 3.63) is 11.1 Å². The molecule has 1 aliphatic heterocycles. The molecule has 0 saturated carbocycles. The highest BCUT2D eigenvalue weighted by molar-refractivity contribution is 7.13. The van der Waals surface area contributed by atoms with Crippen molar-refractivity contribution in [1.82, 2.24) is 15.2 Å². The monoisotopic (exact) mass is 296 g/mol. The lowest BCUT2D eigenvalue weighted by Crippen LogP contribution is -2.37. The number of aromatic nitrogens is 1. The summed E-state index contributed by atoms with van der Waals surface area (Å²) in [6, 6.07) is 0.577. The van der Waals surface area contributed by atoms with Crippen LogP contribution in [0.5, 0.6) is 0 Å². The number of rotatable bonds is 6. The third-order valence-electron chi connectivity index (χ3n) is 3.90.